The summed E-state index contributed by atoms with van der Waals surface area (Å²) < 4.78 is 16.9. The second-order valence-corrected chi connectivity index (χ2v) is 13.6. The highest BCUT2D eigenvalue weighted by molar-refractivity contribution is 6.01. The topological polar surface area (TPSA) is 218 Å². The van der Waals surface area contributed by atoms with Crippen LogP contribution >= 0.6 is 0 Å². The Bertz CT molecular complexity index is 1790. The maximum atomic E-state index is 13.3. The van der Waals surface area contributed by atoms with Crippen molar-refractivity contribution < 1.29 is 58.6 Å². The van der Waals surface area contributed by atoms with Gasteiger partial charge in [-0.3, -0.25) is 19.2 Å². The summed E-state index contributed by atoms with van der Waals surface area (Å²) in [7, 11) is 0. The molecule has 1 saturated heterocycles. The van der Waals surface area contributed by atoms with Crippen LogP contribution in [0.15, 0.2) is 60.7 Å². The number of cyclic esters (lactones) is 2. The number of esters is 3. The van der Waals surface area contributed by atoms with Crippen molar-refractivity contribution in [3.63, 3.8) is 0 Å². The molecule has 0 spiro atoms. The first-order valence-corrected chi connectivity index (χ1v) is 18.1. The van der Waals surface area contributed by atoms with E-state index < -0.39 is 59.8 Å². The summed E-state index contributed by atoms with van der Waals surface area (Å²) in [6.45, 7) is 8.70. The maximum Gasteiger partial charge on any atom is 0.332 e. The lowest BCUT2D eigenvalue weighted by molar-refractivity contribution is -0.175. The fourth-order valence-electron chi connectivity index (χ4n) is 5.72. The average Bonchev–Trinajstić information content (AvgIpc) is 3.13. The summed E-state index contributed by atoms with van der Waals surface area (Å²) in [5.74, 6) is -4.01. The van der Waals surface area contributed by atoms with E-state index in [1.54, 1.807) is 42.5 Å². The van der Waals surface area contributed by atoms with Gasteiger partial charge in [-0.25, -0.2) is 4.79 Å². The van der Waals surface area contributed by atoms with E-state index in [0.717, 1.165) is 18.4 Å². The summed E-state index contributed by atoms with van der Waals surface area (Å²) in [4.78, 5) is 62.7. The standard InChI is InChI=1S/C27H38N2O9.C14H12O3/c1-6-7-8-10-19-24(38-21(31)13-15(2)3)17(5)37-27(35)22(16(4)36-26(19)34)29-25(33)18-11-9-12-20(23(18)32)28-14-30;15-12-5-3-10(4-6-12)1-2-11-7-13(16)9-14(17)8-11/h9,11-12,14-17,19,22,24,32H,6-8,10,13H2,1-5H3,(H,28,30)(H,29,33);1-9,15-17H. The van der Waals surface area contributed by atoms with Gasteiger partial charge in [0, 0.05) is 12.5 Å². The molecule has 3 aromatic rings. The van der Waals surface area contributed by atoms with Gasteiger partial charge in [0.2, 0.25) is 6.41 Å². The molecule has 1 aliphatic heterocycles. The van der Waals surface area contributed by atoms with Crippen molar-refractivity contribution in [2.45, 2.75) is 91.1 Å². The van der Waals surface area contributed by atoms with Crippen LogP contribution in [0.5, 0.6) is 23.0 Å². The van der Waals surface area contributed by atoms with Crippen molar-refractivity contribution in [3.8, 4) is 23.0 Å². The second-order valence-electron chi connectivity index (χ2n) is 13.6. The number of unbranched alkanes of at least 4 members (excludes halogenated alkanes) is 2. The number of ether oxygens (including phenoxy) is 3. The highest BCUT2D eigenvalue weighted by Crippen LogP contribution is 2.29. The minimum Gasteiger partial charge on any atom is -0.508 e. The van der Waals surface area contributed by atoms with Crippen molar-refractivity contribution in [2.24, 2.45) is 11.8 Å². The van der Waals surface area contributed by atoms with Gasteiger partial charge in [-0.1, -0.05) is 70.4 Å². The molecule has 0 saturated carbocycles. The van der Waals surface area contributed by atoms with Crippen LogP contribution in [0.4, 0.5) is 5.69 Å². The lowest BCUT2D eigenvalue weighted by atomic mass is 9.92. The third-order valence-electron chi connectivity index (χ3n) is 8.52. The fourth-order valence-corrected chi connectivity index (χ4v) is 5.72. The van der Waals surface area contributed by atoms with Gasteiger partial charge in [-0.15, -0.1) is 0 Å². The van der Waals surface area contributed by atoms with E-state index in [-0.39, 0.29) is 40.8 Å². The number of benzene rings is 3. The number of aromatic hydroxyl groups is 4. The summed E-state index contributed by atoms with van der Waals surface area (Å²) in [6, 6.07) is 13.8. The predicted molar refractivity (Wildman–Crippen MR) is 204 cm³/mol. The molecule has 14 nitrogen and oxygen atoms in total. The zero-order valence-electron chi connectivity index (χ0n) is 31.6. The Hall–Kier alpha value is -6.05. The smallest absolute Gasteiger partial charge is 0.332 e. The number of hydrogen-bond donors (Lipinski definition) is 6. The number of nitrogens with one attached hydrogen (secondary N) is 2. The molecule has 1 aliphatic rings. The Balaban J connectivity index is 0.000000394. The van der Waals surface area contributed by atoms with E-state index in [1.807, 2.05) is 26.8 Å². The molecule has 296 valence electrons. The lowest BCUT2D eigenvalue weighted by Crippen LogP contribution is -2.50. The van der Waals surface area contributed by atoms with Crippen LogP contribution in [-0.4, -0.2) is 75.0 Å². The Morgan fingerprint density at radius 2 is 1.47 bits per heavy atom. The number of phenolic OH excluding ortho intramolecular Hbond substituents is 4. The molecule has 0 bridgehead atoms. The molecule has 55 heavy (non-hydrogen) atoms. The van der Waals surface area contributed by atoms with Crippen LogP contribution < -0.4 is 10.6 Å². The monoisotopic (exact) mass is 762 g/mol. The van der Waals surface area contributed by atoms with E-state index in [4.69, 9.17) is 19.3 Å². The SMILES string of the molecule is CCCCCC1C(=O)OC(C)C(NC(=O)c2cccc(NC=O)c2O)C(=O)OC(C)C1OC(=O)CC(C)C.Oc1ccc(C=Cc2cc(O)cc(O)c2)cc1. The van der Waals surface area contributed by atoms with E-state index in [1.165, 1.54) is 38.1 Å². The lowest BCUT2D eigenvalue weighted by Gasteiger charge is -2.29. The van der Waals surface area contributed by atoms with Crippen LogP contribution in [0, 0.1) is 11.8 Å². The minimum absolute atomic E-state index is 0.00114. The zero-order chi connectivity index (χ0) is 40.7. The Labute approximate surface area is 320 Å². The van der Waals surface area contributed by atoms with Gasteiger partial charge in [0.25, 0.3) is 5.91 Å². The number of hydrogen-bond acceptors (Lipinski definition) is 12. The number of rotatable bonds is 13. The van der Waals surface area contributed by atoms with Gasteiger partial charge >= 0.3 is 17.9 Å². The third-order valence-corrected chi connectivity index (χ3v) is 8.52. The van der Waals surface area contributed by atoms with Crippen molar-refractivity contribution in [3.05, 3.63) is 77.4 Å². The quantitative estimate of drug-likeness (QED) is 0.0292. The van der Waals surface area contributed by atoms with E-state index >= 15 is 0 Å². The number of carbonyl (C=O) groups is 5. The highest BCUT2D eigenvalue weighted by Gasteiger charge is 2.44. The Morgan fingerprint density at radius 3 is 2.09 bits per heavy atom. The fraction of sp³-hybridized carbons (Fsp3) is 0.390. The summed E-state index contributed by atoms with van der Waals surface area (Å²) in [5, 5.41) is 42.8. The molecule has 6 N–H and O–H groups in total. The zero-order valence-corrected chi connectivity index (χ0v) is 31.6. The first-order valence-electron chi connectivity index (χ1n) is 18.1. The second kappa shape index (κ2) is 21.0. The number of anilines is 1. The van der Waals surface area contributed by atoms with Gasteiger partial charge < -0.3 is 45.3 Å². The van der Waals surface area contributed by atoms with E-state index in [2.05, 4.69) is 10.6 Å². The van der Waals surface area contributed by atoms with Crippen molar-refractivity contribution in [1.82, 2.24) is 5.32 Å². The van der Waals surface area contributed by atoms with Gasteiger partial charge in [-0.2, -0.15) is 0 Å². The maximum absolute atomic E-state index is 13.3. The molecular weight excluding hydrogens is 712 g/mol. The number of para-hydroxylation sites is 1. The highest BCUT2D eigenvalue weighted by atomic mass is 16.6. The van der Waals surface area contributed by atoms with Crippen molar-refractivity contribution >= 4 is 48.1 Å². The van der Waals surface area contributed by atoms with Crippen LogP contribution in [0.3, 0.4) is 0 Å². The van der Waals surface area contributed by atoms with Crippen LogP contribution in [0.1, 0.15) is 88.2 Å². The molecule has 14 heteroatoms. The average molecular weight is 763 g/mol. The number of amides is 2. The normalized spacial score (nSPS) is 19.8. The number of carbonyl (C=O) groups excluding carboxylic acids is 5. The predicted octanol–water partition coefficient (Wildman–Crippen LogP) is 6.06. The number of phenols is 4. The molecule has 1 heterocycles. The van der Waals surface area contributed by atoms with Gasteiger partial charge in [0.05, 0.1) is 17.2 Å². The van der Waals surface area contributed by atoms with Crippen molar-refractivity contribution in [2.75, 3.05) is 5.32 Å². The van der Waals surface area contributed by atoms with Crippen molar-refractivity contribution in [1.29, 1.82) is 0 Å². The van der Waals surface area contributed by atoms with E-state index in [9.17, 15) is 39.3 Å². The van der Waals surface area contributed by atoms with Crippen LogP contribution in [0.2, 0.25) is 0 Å². The summed E-state index contributed by atoms with van der Waals surface area (Å²) in [6.07, 6.45) is 3.66. The van der Waals surface area contributed by atoms with Crippen LogP contribution in [0.25, 0.3) is 12.2 Å². The van der Waals surface area contributed by atoms with Gasteiger partial charge in [0.1, 0.15) is 29.5 Å². The molecular formula is C41H50N2O12. The third kappa shape index (κ3) is 13.4. The summed E-state index contributed by atoms with van der Waals surface area (Å²) >= 11 is 0. The first-order chi connectivity index (χ1) is 26.1. The first kappa shape index (κ1) is 43.4. The molecule has 1 fully saturated rings. The molecule has 0 aromatic heterocycles. The minimum atomic E-state index is -1.42. The van der Waals surface area contributed by atoms with Gasteiger partial charge in [0.15, 0.2) is 17.9 Å². The molecule has 5 unspecified atom stereocenters. The molecule has 0 radical (unpaired) electrons. The Morgan fingerprint density at radius 1 is 0.836 bits per heavy atom. The molecule has 3 aromatic carbocycles. The van der Waals surface area contributed by atoms with E-state index in [0.29, 0.717) is 24.8 Å². The summed E-state index contributed by atoms with van der Waals surface area (Å²) in [5.41, 5.74) is 1.41. The van der Waals surface area contributed by atoms with Gasteiger partial charge in [-0.05, 0) is 73.7 Å². The molecule has 5 atom stereocenters. The molecule has 4 rings (SSSR count). The Kier molecular flexibility index (Phi) is 16.6. The largest absolute Gasteiger partial charge is 0.508 e. The molecule has 0 aliphatic carbocycles. The molecule has 2 amide bonds. The van der Waals surface area contributed by atoms with Crippen LogP contribution in [-0.2, 0) is 33.4 Å².